The summed E-state index contributed by atoms with van der Waals surface area (Å²) >= 11 is 0. The van der Waals surface area contributed by atoms with E-state index in [1.165, 1.54) is 6.08 Å². The van der Waals surface area contributed by atoms with Gasteiger partial charge < -0.3 is 15.0 Å². The second kappa shape index (κ2) is 4.74. The summed E-state index contributed by atoms with van der Waals surface area (Å²) in [6.07, 6.45) is 1.26. The summed E-state index contributed by atoms with van der Waals surface area (Å²) in [4.78, 5) is 14.3. The number of carbonyl (C=O) groups excluding carboxylic acids is 1. The molecule has 1 amide bonds. The van der Waals surface area contributed by atoms with E-state index < -0.39 is 0 Å². The predicted molar refractivity (Wildman–Crippen MR) is 66.9 cm³/mol. The molecule has 0 saturated heterocycles. The van der Waals surface area contributed by atoms with Crippen LogP contribution in [0, 0.1) is 0 Å². The smallest absolute Gasteiger partial charge is 0.243 e. The van der Waals surface area contributed by atoms with Gasteiger partial charge in [-0.2, -0.15) is 0 Å². The average molecular weight is 230 g/mol. The van der Waals surface area contributed by atoms with Crippen molar-refractivity contribution in [2.45, 2.75) is 6.54 Å². The van der Waals surface area contributed by atoms with E-state index >= 15 is 0 Å². The Hall–Kier alpha value is -2.23. The number of hydrogen-bond acceptors (Lipinski definition) is 2. The molecule has 0 aliphatic rings. The third-order valence-corrected chi connectivity index (χ3v) is 2.52. The molecule has 0 bridgehead atoms. The van der Waals surface area contributed by atoms with Crippen LogP contribution in [0.1, 0.15) is 5.69 Å². The van der Waals surface area contributed by atoms with Gasteiger partial charge in [0, 0.05) is 16.6 Å². The SMILES string of the molecule is C=CC(=O)NCc1cc2cc(OC)ccc2[nH]1. The lowest BCUT2D eigenvalue weighted by Gasteiger charge is -1.98. The van der Waals surface area contributed by atoms with Crippen LogP contribution in [-0.2, 0) is 11.3 Å². The number of carbonyl (C=O) groups is 1. The van der Waals surface area contributed by atoms with Crippen LogP contribution < -0.4 is 10.1 Å². The molecule has 0 aliphatic carbocycles. The zero-order valence-electron chi connectivity index (χ0n) is 9.62. The fourth-order valence-electron chi connectivity index (χ4n) is 1.65. The van der Waals surface area contributed by atoms with E-state index in [1.54, 1.807) is 7.11 Å². The number of nitrogens with one attached hydrogen (secondary N) is 2. The van der Waals surface area contributed by atoms with Crippen LogP contribution in [0.2, 0.25) is 0 Å². The Morgan fingerprint density at radius 3 is 3.06 bits per heavy atom. The number of rotatable bonds is 4. The lowest BCUT2D eigenvalue weighted by atomic mass is 10.2. The van der Waals surface area contributed by atoms with Crippen molar-refractivity contribution >= 4 is 16.8 Å². The number of amides is 1. The molecular formula is C13H14N2O2. The molecule has 0 fully saturated rings. The molecule has 0 spiro atoms. The van der Waals surface area contributed by atoms with Gasteiger partial charge in [0.05, 0.1) is 13.7 Å². The summed E-state index contributed by atoms with van der Waals surface area (Å²) in [5.41, 5.74) is 1.97. The summed E-state index contributed by atoms with van der Waals surface area (Å²) in [5, 5.41) is 3.78. The lowest BCUT2D eigenvalue weighted by molar-refractivity contribution is -0.116. The van der Waals surface area contributed by atoms with Crippen molar-refractivity contribution in [3.05, 3.63) is 42.6 Å². The van der Waals surface area contributed by atoms with E-state index in [2.05, 4.69) is 16.9 Å². The fraction of sp³-hybridized carbons (Fsp3) is 0.154. The molecule has 88 valence electrons. The lowest BCUT2D eigenvalue weighted by Crippen LogP contribution is -2.19. The molecule has 2 N–H and O–H groups in total. The van der Waals surface area contributed by atoms with Crippen LogP contribution in [0.3, 0.4) is 0 Å². The van der Waals surface area contributed by atoms with E-state index in [4.69, 9.17) is 4.74 Å². The highest BCUT2D eigenvalue weighted by atomic mass is 16.5. The third kappa shape index (κ3) is 2.47. The van der Waals surface area contributed by atoms with Crippen LogP contribution in [0.15, 0.2) is 36.9 Å². The largest absolute Gasteiger partial charge is 0.497 e. The molecule has 1 aromatic carbocycles. The van der Waals surface area contributed by atoms with Gasteiger partial charge in [-0.1, -0.05) is 6.58 Å². The van der Waals surface area contributed by atoms with E-state index in [0.717, 1.165) is 22.3 Å². The molecule has 0 saturated carbocycles. The maximum atomic E-state index is 11.0. The van der Waals surface area contributed by atoms with Gasteiger partial charge in [-0.05, 0) is 30.3 Å². The molecule has 1 heterocycles. The highest BCUT2D eigenvalue weighted by molar-refractivity contribution is 5.87. The van der Waals surface area contributed by atoms with Crippen molar-refractivity contribution in [2.24, 2.45) is 0 Å². The Morgan fingerprint density at radius 1 is 1.53 bits per heavy atom. The second-order valence-electron chi connectivity index (χ2n) is 3.67. The van der Waals surface area contributed by atoms with Crippen molar-refractivity contribution in [1.29, 1.82) is 0 Å². The Morgan fingerprint density at radius 2 is 2.35 bits per heavy atom. The van der Waals surface area contributed by atoms with E-state index in [9.17, 15) is 4.79 Å². The maximum absolute atomic E-state index is 11.0. The summed E-state index contributed by atoms with van der Waals surface area (Å²) in [5.74, 6) is 0.638. The number of H-pyrrole nitrogens is 1. The predicted octanol–water partition coefficient (Wildman–Crippen LogP) is 1.98. The highest BCUT2D eigenvalue weighted by Crippen LogP contribution is 2.21. The number of hydrogen-bond donors (Lipinski definition) is 2. The Balaban J connectivity index is 2.19. The number of aromatic nitrogens is 1. The molecule has 1 aromatic heterocycles. The maximum Gasteiger partial charge on any atom is 0.243 e. The molecule has 2 rings (SSSR count). The van der Waals surface area contributed by atoms with Crippen LogP contribution in [0.4, 0.5) is 0 Å². The summed E-state index contributed by atoms with van der Waals surface area (Å²) < 4.78 is 5.15. The first-order valence-electron chi connectivity index (χ1n) is 5.29. The van der Waals surface area contributed by atoms with Gasteiger partial charge in [-0.25, -0.2) is 0 Å². The second-order valence-corrected chi connectivity index (χ2v) is 3.67. The van der Waals surface area contributed by atoms with Crippen molar-refractivity contribution in [3.63, 3.8) is 0 Å². The molecule has 4 nitrogen and oxygen atoms in total. The topological polar surface area (TPSA) is 54.1 Å². The number of fused-ring (bicyclic) bond motifs is 1. The molecule has 2 aromatic rings. The van der Waals surface area contributed by atoms with Crippen LogP contribution in [0.5, 0.6) is 5.75 Å². The molecule has 4 heteroatoms. The summed E-state index contributed by atoms with van der Waals surface area (Å²) in [6.45, 7) is 3.86. The van der Waals surface area contributed by atoms with Gasteiger partial charge in [-0.15, -0.1) is 0 Å². The number of benzene rings is 1. The standard InChI is InChI=1S/C13H14N2O2/c1-3-13(16)14-8-10-6-9-7-11(17-2)4-5-12(9)15-10/h3-7,15H,1,8H2,2H3,(H,14,16). The van der Waals surface area contributed by atoms with E-state index in [1.807, 2.05) is 24.3 Å². The van der Waals surface area contributed by atoms with Crippen molar-refractivity contribution in [3.8, 4) is 5.75 Å². The van der Waals surface area contributed by atoms with Crippen LogP contribution in [0.25, 0.3) is 10.9 Å². The van der Waals surface area contributed by atoms with Gasteiger partial charge in [0.15, 0.2) is 0 Å². The fourth-order valence-corrected chi connectivity index (χ4v) is 1.65. The van der Waals surface area contributed by atoms with E-state index in [0.29, 0.717) is 6.54 Å². The minimum Gasteiger partial charge on any atom is -0.497 e. The Kier molecular flexibility index (Phi) is 3.14. The quantitative estimate of drug-likeness (QED) is 0.789. The number of aromatic amines is 1. The van der Waals surface area contributed by atoms with Crippen molar-refractivity contribution in [2.75, 3.05) is 7.11 Å². The molecule has 17 heavy (non-hydrogen) atoms. The number of ether oxygens (including phenoxy) is 1. The minimum absolute atomic E-state index is 0.179. The zero-order valence-corrected chi connectivity index (χ0v) is 9.62. The van der Waals surface area contributed by atoms with Crippen LogP contribution >= 0.6 is 0 Å². The molecule has 0 radical (unpaired) electrons. The molecule has 0 unspecified atom stereocenters. The molecule has 0 aliphatic heterocycles. The first-order chi connectivity index (χ1) is 8.22. The average Bonchev–Trinajstić information content (AvgIpc) is 2.77. The van der Waals surface area contributed by atoms with Gasteiger partial charge in [0.2, 0.25) is 5.91 Å². The van der Waals surface area contributed by atoms with Gasteiger partial charge in [0.25, 0.3) is 0 Å². The van der Waals surface area contributed by atoms with Crippen LogP contribution in [-0.4, -0.2) is 18.0 Å². The third-order valence-electron chi connectivity index (χ3n) is 2.52. The summed E-state index contributed by atoms with van der Waals surface area (Å²) in [6, 6.07) is 7.78. The zero-order chi connectivity index (χ0) is 12.3. The normalized spacial score (nSPS) is 10.2. The van der Waals surface area contributed by atoms with Crippen molar-refractivity contribution in [1.82, 2.24) is 10.3 Å². The summed E-state index contributed by atoms with van der Waals surface area (Å²) in [7, 11) is 1.64. The number of methoxy groups -OCH3 is 1. The first kappa shape index (κ1) is 11.3. The van der Waals surface area contributed by atoms with Crippen molar-refractivity contribution < 1.29 is 9.53 Å². The highest BCUT2D eigenvalue weighted by Gasteiger charge is 2.03. The minimum atomic E-state index is -0.179. The van der Waals surface area contributed by atoms with Gasteiger partial charge >= 0.3 is 0 Å². The first-order valence-corrected chi connectivity index (χ1v) is 5.29. The van der Waals surface area contributed by atoms with E-state index in [-0.39, 0.29) is 5.91 Å². The Labute approximate surface area is 99.3 Å². The monoisotopic (exact) mass is 230 g/mol. The van der Waals surface area contributed by atoms with Gasteiger partial charge in [0.1, 0.15) is 5.75 Å². The molecule has 0 atom stereocenters. The molecular weight excluding hydrogens is 216 g/mol. The van der Waals surface area contributed by atoms with Gasteiger partial charge in [-0.3, -0.25) is 4.79 Å². The Bertz CT molecular complexity index is 558.